The highest BCUT2D eigenvalue weighted by Gasteiger charge is 2.33. The lowest BCUT2D eigenvalue weighted by atomic mass is 9.97. The smallest absolute Gasteiger partial charge is 0.325 e. The number of hydrogen-bond acceptors (Lipinski definition) is 4. The molecule has 0 amide bonds. The van der Waals surface area contributed by atoms with E-state index in [1.54, 1.807) is 0 Å². The van der Waals surface area contributed by atoms with Crippen molar-refractivity contribution in [3.63, 3.8) is 0 Å². The van der Waals surface area contributed by atoms with E-state index < -0.39 is 5.54 Å². The molecule has 0 aliphatic heterocycles. The average Bonchev–Trinajstić information content (AvgIpc) is 2.44. The number of ether oxygens (including phenoxy) is 1. The van der Waals surface area contributed by atoms with Crippen LogP contribution in [-0.4, -0.2) is 38.8 Å². The van der Waals surface area contributed by atoms with Crippen molar-refractivity contribution < 1.29 is 9.53 Å². The number of carbonyl (C=O) groups excluding carboxylic acids is 1. The molecule has 0 radical (unpaired) electrons. The summed E-state index contributed by atoms with van der Waals surface area (Å²) in [6, 6.07) is 6.42. The molecule has 118 valence electrons. The summed E-state index contributed by atoms with van der Waals surface area (Å²) in [6.07, 6.45) is 0.692. The largest absolute Gasteiger partial charge is 0.468 e. The van der Waals surface area contributed by atoms with Crippen LogP contribution >= 0.6 is 0 Å². The molecule has 0 saturated heterocycles. The molecular weight excluding hydrogens is 264 g/mol. The van der Waals surface area contributed by atoms with Crippen molar-refractivity contribution in [3.8, 4) is 0 Å². The highest BCUT2D eigenvalue weighted by atomic mass is 16.5. The molecule has 0 aliphatic rings. The zero-order valence-corrected chi connectivity index (χ0v) is 14.1. The average molecular weight is 292 g/mol. The van der Waals surface area contributed by atoms with Crippen LogP contribution in [0.1, 0.15) is 31.4 Å². The van der Waals surface area contributed by atoms with Crippen LogP contribution in [-0.2, 0) is 9.53 Å². The van der Waals surface area contributed by atoms with Gasteiger partial charge >= 0.3 is 5.97 Å². The van der Waals surface area contributed by atoms with E-state index in [4.69, 9.17) is 4.74 Å². The fourth-order valence-corrected chi connectivity index (χ4v) is 2.62. The minimum absolute atomic E-state index is 0.210. The van der Waals surface area contributed by atoms with Gasteiger partial charge in [0.25, 0.3) is 0 Å². The lowest BCUT2D eigenvalue weighted by molar-refractivity contribution is -0.148. The Morgan fingerprint density at radius 2 is 2.05 bits per heavy atom. The third kappa shape index (κ3) is 4.46. The standard InChI is InChI=1S/C17H28N2O2/c1-7-18-17(4,16(20)21-6)10-11-19(5)15-9-8-13(2)12-14(15)3/h8-9,12,18H,7,10-11H2,1-6H3. The van der Waals surface area contributed by atoms with Crippen LogP contribution in [0.3, 0.4) is 0 Å². The van der Waals surface area contributed by atoms with E-state index in [-0.39, 0.29) is 5.97 Å². The Bertz CT molecular complexity index is 488. The third-order valence-electron chi connectivity index (χ3n) is 3.91. The number of nitrogens with one attached hydrogen (secondary N) is 1. The van der Waals surface area contributed by atoms with E-state index in [2.05, 4.69) is 49.3 Å². The lowest BCUT2D eigenvalue weighted by Gasteiger charge is -2.31. The first-order valence-corrected chi connectivity index (χ1v) is 7.46. The number of rotatable bonds is 7. The number of carbonyl (C=O) groups is 1. The Balaban J connectivity index is 2.77. The van der Waals surface area contributed by atoms with Crippen molar-refractivity contribution in [3.05, 3.63) is 29.3 Å². The number of likely N-dealkylation sites (N-methyl/N-ethyl adjacent to an activating group) is 1. The van der Waals surface area contributed by atoms with Gasteiger partial charge in [0.15, 0.2) is 0 Å². The Morgan fingerprint density at radius 3 is 2.57 bits per heavy atom. The maximum absolute atomic E-state index is 12.0. The molecule has 4 heteroatoms. The lowest BCUT2D eigenvalue weighted by Crippen LogP contribution is -2.51. The second kappa shape index (κ2) is 7.46. The summed E-state index contributed by atoms with van der Waals surface area (Å²) in [7, 11) is 3.49. The Morgan fingerprint density at radius 1 is 1.38 bits per heavy atom. The molecule has 1 aromatic rings. The summed E-state index contributed by atoms with van der Waals surface area (Å²) in [4.78, 5) is 14.2. The van der Waals surface area contributed by atoms with Gasteiger partial charge in [-0.05, 0) is 45.4 Å². The second-order valence-corrected chi connectivity index (χ2v) is 5.82. The highest BCUT2D eigenvalue weighted by Crippen LogP contribution is 2.22. The Labute approximate surface area is 128 Å². The van der Waals surface area contributed by atoms with Crippen LogP contribution in [0.25, 0.3) is 0 Å². The predicted octanol–water partition coefficient (Wildman–Crippen LogP) is 2.67. The van der Waals surface area contributed by atoms with E-state index >= 15 is 0 Å². The SMILES string of the molecule is CCNC(C)(CCN(C)c1ccc(C)cc1C)C(=O)OC. The normalized spacial score (nSPS) is 13.6. The number of anilines is 1. The van der Waals surface area contributed by atoms with Gasteiger partial charge in [0.1, 0.15) is 5.54 Å². The van der Waals surface area contributed by atoms with E-state index in [0.717, 1.165) is 13.1 Å². The molecule has 0 bridgehead atoms. The van der Waals surface area contributed by atoms with Crippen molar-refractivity contribution >= 4 is 11.7 Å². The molecule has 0 aromatic heterocycles. The van der Waals surface area contributed by atoms with Crippen LogP contribution < -0.4 is 10.2 Å². The number of benzene rings is 1. The summed E-state index contributed by atoms with van der Waals surface area (Å²) in [5.41, 5.74) is 3.07. The summed E-state index contributed by atoms with van der Waals surface area (Å²) >= 11 is 0. The van der Waals surface area contributed by atoms with Gasteiger partial charge < -0.3 is 15.0 Å². The molecule has 0 fully saturated rings. The van der Waals surface area contributed by atoms with Gasteiger partial charge in [-0.3, -0.25) is 4.79 Å². The second-order valence-electron chi connectivity index (χ2n) is 5.82. The minimum atomic E-state index is -0.642. The van der Waals surface area contributed by atoms with E-state index in [1.165, 1.54) is 23.9 Å². The number of nitrogens with zero attached hydrogens (tertiary/aromatic N) is 1. The molecule has 1 rings (SSSR count). The number of aryl methyl sites for hydroxylation is 2. The van der Waals surface area contributed by atoms with E-state index in [1.807, 2.05) is 13.8 Å². The van der Waals surface area contributed by atoms with Gasteiger partial charge in [0.2, 0.25) is 0 Å². The zero-order valence-electron chi connectivity index (χ0n) is 14.1. The van der Waals surface area contributed by atoms with Crippen LogP contribution in [0, 0.1) is 13.8 Å². The molecule has 1 atom stereocenters. The molecule has 21 heavy (non-hydrogen) atoms. The van der Waals surface area contributed by atoms with Gasteiger partial charge in [-0.15, -0.1) is 0 Å². The highest BCUT2D eigenvalue weighted by molar-refractivity contribution is 5.80. The number of hydrogen-bond donors (Lipinski definition) is 1. The fourth-order valence-electron chi connectivity index (χ4n) is 2.62. The van der Waals surface area contributed by atoms with Gasteiger partial charge in [-0.25, -0.2) is 0 Å². The maximum Gasteiger partial charge on any atom is 0.325 e. The van der Waals surface area contributed by atoms with Crippen molar-refractivity contribution in [1.29, 1.82) is 0 Å². The Hall–Kier alpha value is -1.55. The van der Waals surface area contributed by atoms with Crippen molar-refractivity contribution in [2.75, 3.05) is 32.1 Å². The van der Waals surface area contributed by atoms with Gasteiger partial charge in [0.05, 0.1) is 7.11 Å². The summed E-state index contributed by atoms with van der Waals surface area (Å²) in [6.45, 7) is 9.62. The molecule has 0 aliphatic carbocycles. The first-order chi connectivity index (χ1) is 9.84. The van der Waals surface area contributed by atoms with Crippen molar-refractivity contribution in [2.24, 2.45) is 0 Å². The van der Waals surface area contributed by atoms with E-state index in [0.29, 0.717) is 6.42 Å². The first kappa shape index (κ1) is 17.5. The topological polar surface area (TPSA) is 41.6 Å². The zero-order chi connectivity index (χ0) is 16.0. The monoisotopic (exact) mass is 292 g/mol. The Kier molecular flexibility index (Phi) is 6.21. The van der Waals surface area contributed by atoms with Crippen LogP contribution in [0.15, 0.2) is 18.2 Å². The minimum Gasteiger partial charge on any atom is -0.468 e. The quantitative estimate of drug-likeness (QED) is 0.785. The number of esters is 1. The summed E-state index contributed by atoms with van der Waals surface area (Å²) in [5.74, 6) is -0.210. The predicted molar refractivity (Wildman–Crippen MR) is 87.9 cm³/mol. The molecule has 1 unspecified atom stereocenters. The van der Waals surface area contributed by atoms with Crippen molar-refractivity contribution in [2.45, 2.75) is 39.7 Å². The molecular formula is C17H28N2O2. The third-order valence-corrected chi connectivity index (χ3v) is 3.91. The van der Waals surface area contributed by atoms with Crippen molar-refractivity contribution in [1.82, 2.24) is 5.32 Å². The molecule has 0 saturated carbocycles. The van der Waals surface area contributed by atoms with Crippen LogP contribution in [0.2, 0.25) is 0 Å². The van der Waals surface area contributed by atoms with Crippen LogP contribution in [0.4, 0.5) is 5.69 Å². The van der Waals surface area contributed by atoms with E-state index in [9.17, 15) is 4.79 Å². The molecule has 0 spiro atoms. The first-order valence-electron chi connectivity index (χ1n) is 7.46. The summed E-state index contributed by atoms with van der Waals surface area (Å²) in [5, 5.41) is 3.24. The summed E-state index contributed by atoms with van der Waals surface area (Å²) < 4.78 is 4.93. The van der Waals surface area contributed by atoms with Gasteiger partial charge in [0, 0.05) is 19.3 Å². The molecule has 0 heterocycles. The van der Waals surface area contributed by atoms with Gasteiger partial charge in [-0.2, -0.15) is 0 Å². The number of methoxy groups -OCH3 is 1. The maximum atomic E-state index is 12.0. The molecule has 4 nitrogen and oxygen atoms in total. The van der Waals surface area contributed by atoms with Crippen LogP contribution in [0.5, 0.6) is 0 Å². The molecule has 1 aromatic carbocycles. The fraction of sp³-hybridized carbons (Fsp3) is 0.588. The molecule has 1 N–H and O–H groups in total. The van der Waals surface area contributed by atoms with Gasteiger partial charge in [-0.1, -0.05) is 24.6 Å².